The molecule has 0 fully saturated rings. The average Bonchev–Trinajstić information content (AvgIpc) is 3.31. The van der Waals surface area contributed by atoms with E-state index in [0.29, 0.717) is 0 Å². The molecule has 0 unspecified atom stereocenters. The number of benzene rings is 6. The SMILES string of the molecule is c1ccc(-c2nc(-c3cc4sc5cccc6c7ccccc7c(c3)c4c56)c3ccccc3n2)cc1. The van der Waals surface area contributed by atoms with Crippen molar-refractivity contribution in [2.45, 2.75) is 0 Å². The third-order valence-corrected chi connectivity index (χ3v) is 8.12. The number of nitrogens with zero attached hydrogens (tertiary/aromatic N) is 2. The van der Waals surface area contributed by atoms with Gasteiger partial charge in [0.15, 0.2) is 5.82 Å². The molecule has 2 heterocycles. The Labute approximate surface area is 205 Å². The van der Waals surface area contributed by atoms with Gasteiger partial charge in [0.25, 0.3) is 0 Å². The number of para-hydroxylation sites is 1. The van der Waals surface area contributed by atoms with E-state index in [1.807, 2.05) is 35.6 Å². The van der Waals surface area contributed by atoms with Crippen LogP contribution in [0.3, 0.4) is 0 Å². The summed E-state index contributed by atoms with van der Waals surface area (Å²) in [6, 6.07) is 38.7. The predicted octanol–water partition coefficient (Wildman–Crippen LogP) is 9.08. The largest absolute Gasteiger partial charge is 0.228 e. The van der Waals surface area contributed by atoms with Crippen molar-refractivity contribution in [2.75, 3.05) is 0 Å². The van der Waals surface area contributed by atoms with Crippen LogP contribution in [0.4, 0.5) is 0 Å². The zero-order valence-electron chi connectivity index (χ0n) is 18.7. The molecule has 0 amide bonds. The number of hydrogen-bond donors (Lipinski definition) is 0. The highest BCUT2D eigenvalue weighted by molar-refractivity contribution is 7.26. The van der Waals surface area contributed by atoms with Crippen LogP contribution in [0.2, 0.25) is 0 Å². The summed E-state index contributed by atoms with van der Waals surface area (Å²) in [4.78, 5) is 10.1. The number of hydrogen-bond acceptors (Lipinski definition) is 3. The molecule has 3 heteroatoms. The summed E-state index contributed by atoms with van der Waals surface area (Å²) < 4.78 is 2.64. The highest BCUT2D eigenvalue weighted by atomic mass is 32.1. The van der Waals surface area contributed by atoms with Gasteiger partial charge in [0.05, 0.1) is 11.2 Å². The van der Waals surface area contributed by atoms with E-state index >= 15 is 0 Å². The van der Waals surface area contributed by atoms with Gasteiger partial charge in [-0.1, -0.05) is 84.9 Å². The zero-order valence-corrected chi connectivity index (χ0v) is 19.5. The smallest absolute Gasteiger partial charge is 0.160 e. The molecule has 0 saturated heterocycles. The second kappa shape index (κ2) is 7.08. The summed E-state index contributed by atoms with van der Waals surface area (Å²) in [6.07, 6.45) is 0. The molecule has 0 aliphatic heterocycles. The Morgan fingerprint density at radius 2 is 1.14 bits per heavy atom. The Hall–Kier alpha value is -4.34. The summed E-state index contributed by atoms with van der Waals surface area (Å²) in [5.74, 6) is 0.757. The van der Waals surface area contributed by atoms with Crippen LogP contribution in [-0.4, -0.2) is 9.97 Å². The van der Waals surface area contributed by atoms with Crippen LogP contribution in [0.1, 0.15) is 0 Å². The molecule has 0 bridgehead atoms. The van der Waals surface area contributed by atoms with Gasteiger partial charge in [-0.15, -0.1) is 11.3 Å². The lowest BCUT2D eigenvalue weighted by atomic mass is 9.92. The fourth-order valence-electron chi connectivity index (χ4n) is 5.49. The maximum atomic E-state index is 5.14. The third kappa shape index (κ3) is 2.70. The summed E-state index contributed by atoms with van der Waals surface area (Å²) in [5, 5.41) is 9.05. The minimum Gasteiger partial charge on any atom is -0.228 e. The van der Waals surface area contributed by atoms with Gasteiger partial charge in [-0.2, -0.15) is 0 Å². The van der Waals surface area contributed by atoms with Crippen LogP contribution >= 0.6 is 11.3 Å². The minimum atomic E-state index is 0.757. The van der Waals surface area contributed by atoms with E-state index in [1.54, 1.807) is 0 Å². The summed E-state index contributed by atoms with van der Waals surface area (Å²) in [6.45, 7) is 0. The fourth-order valence-corrected chi connectivity index (χ4v) is 6.68. The van der Waals surface area contributed by atoms with E-state index in [1.165, 1.54) is 41.7 Å². The quantitative estimate of drug-likeness (QED) is 0.239. The normalized spacial score (nSPS) is 12.0. The molecule has 8 aromatic rings. The van der Waals surface area contributed by atoms with Crippen LogP contribution in [0, 0.1) is 0 Å². The van der Waals surface area contributed by atoms with Gasteiger partial charge in [0, 0.05) is 36.7 Å². The maximum absolute atomic E-state index is 5.14. The molecule has 6 aromatic carbocycles. The van der Waals surface area contributed by atoms with Gasteiger partial charge in [0.2, 0.25) is 0 Å². The van der Waals surface area contributed by atoms with Gasteiger partial charge in [0.1, 0.15) is 0 Å². The predicted molar refractivity (Wildman–Crippen MR) is 149 cm³/mol. The van der Waals surface area contributed by atoms with Crippen LogP contribution in [0.15, 0.2) is 109 Å². The Balaban J connectivity index is 1.53. The van der Waals surface area contributed by atoms with Gasteiger partial charge in [-0.05, 0) is 45.8 Å². The summed E-state index contributed by atoms with van der Waals surface area (Å²) in [5.41, 5.74) is 4.10. The standard InChI is InChI=1S/C32H18N2S/c1-2-9-19(10-3-1)32-33-26-15-7-6-13-24(26)31(34-32)20-17-25-22-12-5-4-11-21(22)23-14-8-16-27-29(23)30(25)28(18-20)35-27/h1-18H. The average molecular weight is 463 g/mol. The highest BCUT2D eigenvalue weighted by Gasteiger charge is 2.18. The van der Waals surface area contributed by atoms with Crippen LogP contribution in [0.5, 0.6) is 0 Å². The van der Waals surface area contributed by atoms with Crippen molar-refractivity contribution in [3.8, 4) is 22.6 Å². The molecule has 0 aliphatic rings. The fraction of sp³-hybridized carbons (Fsp3) is 0. The molecule has 2 aromatic heterocycles. The monoisotopic (exact) mass is 462 g/mol. The molecular weight excluding hydrogens is 444 g/mol. The van der Waals surface area contributed by atoms with Crippen molar-refractivity contribution in [3.63, 3.8) is 0 Å². The first-order valence-electron chi connectivity index (χ1n) is 11.8. The minimum absolute atomic E-state index is 0.757. The van der Waals surface area contributed by atoms with Crippen molar-refractivity contribution >= 4 is 64.0 Å². The summed E-state index contributed by atoms with van der Waals surface area (Å²) >= 11 is 1.87. The number of fused-ring (bicyclic) bond motifs is 4. The van der Waals surface area contributed by atoms with E-state index in [4.69, 9.17) is 9.97 Å². The first-order valence-corrected chi connectivity index (χ1v) is 12.6. The maximum Gasteiger partial charge on any atom is 0.160 e. The first kappa shape index (κ1) is 19.0. The first-order chi connectivity index (χ1) is 17.3. The lowest BCUT2D eigenvalue weighted by Gasteiger charge is -2.13. The van der Waals surface area contributed by atoms with E-state index in [9.17, 15) is 0 Å². The second-order valence-electron chi connectivity index (χ2n) is 9.00. The van der Waals surface area contributed by atoms with Crippen molar-refractivity contribution in [3.05, 3.63) is 109 Å². The lowest BCUT2D eigenvalue weighted by Crippen LogP contribution is -1.95. The molecule has 0 radical (unpaired) electrons. The molecule has 162 valence electrons. The van der Waals surface area contributed by atoms with Crippen molar-refractivity contribution in [2.24, 2.45) is 0 Å². The zero-order chi connectivity index (χ0) is 22.9. The molecular formula is C32H18N2S. The molecule has 0 spiro atoms. The van der Waals surface area contributed by atoms with Crippen molar-refractivity contribution < 1.29 is 0 Å². The Morgan fingerprint density at radius 3 is 2.00 bits per heavy atom. The van der Waals surface area contributed by atoms with Crippen LogP contribution in [0.25, 0.3) is 75.3 Å². The van der Waals surface area contributed by atoms with E-state index in [0.717, 1.165) is 33.5 Å². The van der Waals surface area contributed by atoms with Gasteiger partial charge >= 0.3 is 0 Å². The molecule has 0 atom stereocenters. The van der Waals surface area contributed by atoms with E-state index in [-0.39, 0.29) is 0 Å². The van der Waals surface area contributed by atoms with Crippen molar-refractivity contribution in [1.29, 1.82) is 0 Å². The van der Waals surface area contributed by atoms with Gasteiger partial charge < -0.3 is 0 Å². The van der Waals surface area contributed by atoms with E-state index < -0.39 is 0 Å². The highest BCUT2D eigenvalue weighted by Crippen LogP contribution is 2.46. The van der Waals surface area contributed by atoms with Gasteiger partial charge in [-0.25, -0.2) is 9.97 Å². The number of thiophene rings is 1. The van der Waals surface area contributed by atoms with Gasteiger partial charge in [-0.3, -0.25) is 0 Å². The Morgan fingerprint density at radius 1 is 0.457 bits per heavy atom. The topological polar surface area (TPSA) is 25.8 Å². The number of rotatable bonds is 2. The van der Waals surface area contributed by atoms with Crippen molar-refractivity contribution in [1.82, 2.24) is 9.97 Å². The molecule has 8 rings (SSSR count). The second-order valence-corrected chi connectivity index (χ2v) is 10.1. The molecule has 2 nitrogen and oxygen atoms in total. The van der Waals surface area contributed by atoms with Crippen LogP contribution in [-0.2, 0) is 0 Å². The molecule has 35 heavy (non-hydrogen) atoms. The third-order valence-electron chi connectivity index (χ3n) is 7.01. The molecule has 0 saturated carbocycles. The Bertz CT molecular complexity index is 2050. The van der Waals surface area contributed by atoms with E-state index in [2.05, 4.69) is 84.9 Å². The molecule has 0 N–H and O–H groups in total. The number of aromatic nitrogens is 2. The lowest BCUT2D eigenvalue weighted by molar-refractivity contribution is 1.23. The summed E-state index contributed by atoms with van der Waals surface area (Å²) in [7, 11) is 0. The van der Waals surface area contributed by atoms with Crippen LogP contribution < -0.4 is 0 Å². The molecule has 0 aliphatic carbocycles. The Kier molecular flexibility index (Phi) is 3.85.